The summed E-state index contributed by atoms with van der Waals surface area (Å²) < 4.78 is 0. The third-order valence-corrected chi connectivity index (χ3v) is 6.13. The summed E-state index contributed by atoms with van der Waals surface area (Å²) in [6, 6.07) is 9.10. The number of ketones is 1. The lowest BCUT2D eigenvalue weighted by Crippen LogP contribution is -2.30. The molecule has 2 N–H and O–H groups in total. The van der Waals surface area contributed by atoms with Gasteiger partial charge in [-0.1, -0.05) is 63.1 Å². The van der Waals surface area contributed by atoms with E-state index in [4.69, 9.17) is 0 Å². The minimum atomic E-state index is -0.247. The van der Waals surface area contributed by atoms with Crippen LogP contribution in [0.3, 0.4) is 0 Å². The van der Waals surface area contributed by atoms with Gasteiger partial charge in [0.05, 0.1) is 0 Å². The summed E-state index contributed by atoms with van der Waals surface area (Å²) in [7, 11) is 0. The Labute approximate surface area is 157 Å². The molecule has 26 heavy (non-hydrogen) atoms. The number of nitrogens with one attached hydrogen (secondary N) is 2. The number of anilines is 1. The molecule has 0 saturated heterocycles. The van der Waals surface area contributed by atoms with Crippen molar-refractivity contribution in [1.82, 2.24) is 5.32 Å². The zero-order chi connectivity index (χ0) is 18.2. The van der Waals surface area contributed by atoms with Crippen LogP contribution in [0.2, 0.25) is 0 Å². The van der Waals surface area contributed by atoms with E-state index in [0.717, 1.165) is 17.5 Å². The monoisotopic (exact) mass is 356 g/mol. The molecule has 142 valence electrons. The molecule has 4 heteroatoms. The predicted octanol–water partition coefficient (Wildman–Crippen LogP) is 5.15. The molecule has 2 amide bonds. The Morgan fingerprint density at radius 3 is 2.46 bits per heavy atom. The van der Waals surface area contributed by atoms with Crippen LogP contribution in [0.15, 0.2) is 30.3 Å². The highest BCUT2D eigenvalue weighted by molar-refractivity contribution is 5.89. The van der Waals surface area contributed by atoms with E-state index in [2.05, 4.69) is 10.6 Å². The number of fused-ring (bicyclic) bond motifs is 1. The van der Waals surface area contributed by atoms with Gasteiger partial charge >= 0.3 is 6.03 Å². The molecule has 0 heterocycles. The SMILES string of the molecule is O=C(CCNC(=O)Nc1ccccc1)CC1CCCC2CCCCC2C1. The Hall–Kier alpha value is -1.84. The number of rotatable bonds is 6. The molecule has 2 aliphatic rings. The molecule has 0 aromatic heterocycles. The van der Waals surface area contributed by atoms with E-state index >= 15 is 0 Å². The Morgan fingerprint density at radius 2 is 1.65 bits per heavy atom. The quantitative estimate of drug-likeness (QED) is 0.740. The first-order valence-electron chi connectivity index (χ1n) is 10.3. The van der Waals surface area contributed by atoms with Gasteiger partial charge in [0.2, 0.25) is 0 Å². The Kier molecular flexibility index (Phi) is 7.10. The summed E-state index contributed by atoms with van der Waals surface area (Å²) in [4.78, 5) is 24.2. The number of hydrogen-bond donors (Lipinski definition) is 2. The number of amides is 2. The molecular weight excluding hydrogens is 324 g/mol. The number of para-hydroxylation sites is 1. The van der Waals surface area contributed by atoms with E-state index in [9.17, 15) is 9.59 Å². The standard InChI is InChI=1S/C22H32N2O2/c25-21(13-14-23-22(26)24-20-11-2-1-3-12-20)16-17-7-6-10-18-8-4-5-9-19(18)15-17/h1-3,11-12,17-19H,4-10,13-16H2,(H2,23,24,26). The summed E-state index contributed by atoms with van der Waals surface area (Å²) in [5, 5.41) is 5.56. The molecule has 0 radical (unpaired) electrons. The van der Waals surface area contributed by atoms with Crippen LogP contribution < -0.4 is 10.6 Å². The van der Waals surface area contributed by atoms with Gasteiger partial charge in [-0.3, -0.25) is 4.79 Å². The van der Waals surface area contributed by atoms with Crippen molar-refractivity contribution in [2.45, 2.75) is 64.2 Å². The Morgan fingerprint density at radius 1 is 0.923 bits per heavy atom. The predicted molar refractivity (Wildman–Crippen MR) is 105 cm³/mol. The number of hydrogen-bond acceptors (Lipinski definition) is 2. The molecule has 2 fully saturated rings. The van der Waals surface area contributed by atoms with Gasteiger partial charge in [0.15, 0.2) is 0 Å². The fraction of sp³-hybridized carbons (Fsp3) is 0.636. The molecule has 2 aliphatic carbocycles. The maximum Gasteiger partial charge on any atom is 0.319 e. The number of urea groups is 1. The van der Waals surface area contributed by atoms with Crippen LogP contribution in [0.5, 0.6) is 0 Å². The van der Waals surface area contributed by atoms with E-state index < -0.39 is 0 Å². The summed E-state index contributed by atoms with van der Waals surface area (Å²) in [5.41, 5.74) is 0.761. The van der Waals surface area contributed by atoms with Gasteiger partial charge in [-0.05, 0) is 36.3 Å². The van der Waals surface area contributed by atoms with Crippen molar-refractivity contribution < 1.29 is 9.59 Å². The average molecular weight is 357 g/mol. The average Bonchev–Trinajstić information content (AvgIpc) is 2.84. The first-order valence-corrected chi connectivity index (χ1v) is 10.3. The van der Waals surface area contributed by atoms with Gasteiger partial charge in [0, 0.05) is 25.1 Å². The van der Waals surface area contributed by atoms with Crippen molar-refractivity contribution in [1.29, 1.82) is 0 Å². The van der Waals surface area contributed by atoms with Gasteiger partial charge < -0.3 is 10.6 Å². The largest absolute Gasteiger partial charge is 0.337 e. The van der Waals surface area contributed by atoms with Crippen LogP contribution in [-0.2, 0) is 4.79 Å². The maximum absolute atomic E-state index is 12.4. The third kappa shape index (κ3) is 5.86. The maximum atomic E-state index is 12.4. The lowest BCUT2D eigenvalue weighted by molar-refractivity contribution is -0.120. The van der Waals surface area contributed by atoms with Crippen LogP contribution in [0.1, 0.15) is 64.2 Å². The molecule has 0 aliphatic heterocycles. The van der Waals surface area contributed by atoms with Crippen molar-refractivity contribution in [3.05, 3.63) is 30.3 Å². The molecule has 4 nitrogen and oxygen atoms in total. The lowest BCUT2D eigenvalue weighted by atomic mass is 9.75. The number of benzene rings is 1. The fourth-order valence-corrected chi connectivity index (χ4v) is 4.81. The molecule has 1 aromatic carbocycles. The molecule has 3 unspecified atom stereocenters. The summed E-state index contributed by atoms with van der Waals surface area (Å²) in [6.45, 7) is 0.413. The summed E-state index contributed by atoms with van der Waals surface area (Å²) in [6.07, 6.45) is 11.8. The van der Waals surface area contributed by atoms with E-state index in [0.29, 0.717) is 31.1 Å². The van der Waals surface area contributed by atoms with Crippen molar-refractivity contribution in [3.63, 3.8) is 0 Å². The lowest BCUT2D eigenvalue weighted by Gasteiger charge is -2.31. The van der Waals surface area contributed by atoms with Gasteiger partial charge in [-0.25, -0.2) is 4.79 Å². The third-order valence-electron chi connectivity index (χ3n) is 6.13. The zero-order valence-electron chi connectivity index (χ0n) is 15.7. The van der Waals surface area contributed by atoms with E-state index in [1.807, 2.05) is 30.3 Å². The summed E-state index contributed by atoms with van der Waals surface area (Å²) >= 11 is 0. The van der Waals surface area contributed by atoms with E-state index in [1.165, 1.54) is 51.4 Å². The van der Waals surface area contributed by atoms with E-state index in [-0.39, 0.29) is 6.03 Å². The Balaban J connectivity index is 1.35. The van der Waals surface area contributed by atoms with Crippen LogP contribution in [0, 0.1) is 17.8 Å². The number of carbonyl (C=O) groups is 2. The minimum Gasteiger partial charge on any atom is -0.337 e. The molecule has 0 spiro atoms. The van der Waals surface area contributed by atoms with Crippen molar-refractivity contribution in [2.75, 3.05) is 11.9 Å². The van der Waals surface area contributed by atoms with E-state index in [1.54, 1.807) is 0 Å². The zero-order valence-corrected chi connectivity index (χ0v) is 15.7. The second-order valence-corrected chi connectivity index (χ2v) is 8.08. The van der Waals surface area contributed by atoms with Crippen LogP contribution in [0.25, 0.3) is 0 Å². The van der Waals surface area contributed by atoms with Crippen molar-refractivity contribution >= 4 is 17.5 Å². The highest BCUT2D eigenvalue weighted by Gasteiger charge is 2.30. The minimum absolute atomic E-state index is 0.247. The van der Waals surface area contributed by atoms with Gasteiger partial charge in [0.25, 0.3) is 0 Å². The van der Waals surface area contributed by atoms with Gasteiger partial charge in [-0.15, -0.1) is 0 Å². The summed E-state index contributed by atoms with van der Waals surface area (Å²) in [5.74, 6) is 2.64. The second-order valence-electron chi connectivity index (χ2n) is 8.08. The molecule has 2 saturated carbocycles. The number of Topliss-reactive ketones (excluding diaryl/α,β-unsaturated/α-hetero) is 1. The van der Waals surface area contributed by atoms with Gasteiger partial charge in [-0.2, -0.15) is 0 Å². The second kappa shape index (κ2) is 9.75. The molecule has 0 bridgehead atoms. The van der Waals surface area contributed by atoms with Crippen molar-refractivity contribution in [3.8, 4) is 0 Å². The van der Waals surface area contributed by atoms with Crippen LogP contribution in [0.4, 0.5) is 10.5 Å². The van der Waals surface area contributed by atoms with Crippen LogP contribution in [-0.4, -0.2) is 18.4 Å². The van der Waals surface area contributed by atoms with Crippen LogP contribution >= 0.6 is 0 Å². The first-order chi connectivity index (χ1) is 12.7. The molecule has 3 rings (SSSR count). The smallest absolute Gasteiger partial charge is 0.319 e. The van der Waals surface area contributed by atoms with Crippen molar-refractivity contribution in [2.24, 2.45) is 17.8 Å². The molecular formula is C22H32N2O2. The number of carbonyl (C=O) groups excluding carboxylic acids is 2. The first kappa shape index (κ1) is 18.9. The highest BCUT2D eigenvalue weighted by Crippen LogP contribution is 2.42. The fourth-order valence-electron chi connectivity index (χ4n) is 4.81. The molecule has 3 atom stereocenters. The normalized spacial score (nSPS) is 25.6. The highest BCUT2D eigenvalue weighted by atomic mass is 16.2. The topological polar surface area (TPSA) is 58.2 Å². The Bertz CT molecular complexity index is 587. The van der Waals surface area contributed by atoms with Gasteiger partial charge in [0.1, 0.15) is 5.78 Å². The molecule has 1 aromatic rings.